The van der Waals surface area contributed by atoms with E-state index in [1.807, 2.05) is 0 Å². The smallest absolute Gasteiger partial charge is 0.0233 e. The Bertz CT molecular complexity index is 582. The molecule has 0 atom stereocenters. The van der Waals surface area contributed by atoms with Crippen LogP contribution in [0.15, 0.2) is 42.5 Å². The van der Waals surface area contributed by atoms with Gasteiger partial charge in [-0.2, -0.15) is 0 Å². The first-order chi connectivity index (χ1) is 9.31. The predicted octanol–water partition coefficient (Wildman–Crippen LogP) is 4.10. The van der Waals surface area contributed by atoms with Crippen LogP contribution in [-0.2, 0) is 13.0 Å². The first-order valence-electron chi connectivity index (χ1n) is 7.24. The minimum absolute atomic E-state index is 1.06. The molecule has 0 aromatic heterocycles. The lowest BCUT2D eigenvalue weighted by Gasteiger charge is -2.18. The van der Waals surface area contributed by atoms with E-state index in [2.05, 4.69) is 61.2 Å². The van der Waals surface area contributed by atoms with Crippen molar-refractivity contribution < 1.29 is 0 Å². The summed E-state index contributed by atoms with van der Waals surface area (Å²) in [6.07, 6.45) is 1.09. The molecule has 0 saturated heterocycles. The standard InChI is InChI=1S/C18H21N/c1-3-19(4-2)13-14-9-10-16-12-15-7-5-6-8-17(15)18(16)11-14/h5-11H,3-4,12-13H2,1-2H3. The lowest BCUT2D eigenvalue weighted by atomic mass is 10.0. The van der Waals surface area contributed by atoms with Crippen molar-refractivity contribution in [2.24, 2.45) is 0 Å². The second-order valence-corrected chi connectivity index (χ2v) is 5.29. The summed E-state index contributed by atoms with van der Waals surface area (Å²) in [4.78, 5) is 2.46. The minimum atomic E-state index is 1.06. The molecule has 1 aliphatic rings. The van der Waals surface area contributed by atoms with Crippen molar-refractivity contribution in [1.82, 2.24) is 4.90 Å². The Labute approximate surface area is 115 Å². The topological polar surface area (TPSA) is 3.24 Å². The highest BCUT2D eigenvalue weighted by Crippen LogP contribution is 2.36. The monoisotopic (exact) mass is 251 g/mol. The van der Waals surface area contributed by atoms with Crippen molar-refractivity contribution in [3.8, 4) is 11.1 Å². The summed E-state index contributed by atoms with van der Waals surface area (Å²) >= 11 is 0. The molecular formula is C18H21N. The fraction of sp³-hybridized carbons (Fsp3) is 0.333. The summed E-state index contributed by atoms with van der Waals surface area (Å²) in [5.41, 5.74) is 7.25. The van der Waals surface area contributed by atoms with Crippen LogP contribution in [0, 0.1) is 0 Å². The van der Waals surface area contributed by atoms with E-state index >= 15 is 0 Å². The third-order valence-electron chi connectivity index (χ3n) is 4.16. The average Bonchev–Trinajstić information content (AvgIpc) is 2.82. The maximum Gasteiger partial charge on any atom is 0.0233 e. The largest absolute Gasteiger partial charge is 0.300 e. The Morgan fingerprint density at radius 3 is 2.42 bits per heavy atom. The van der Waals surface area contributed by atoms with E-state index in [1.54, 1.807) is 0 Å². The van der Waals surface area contributed by atoms with Crippen LogP contribution in [0.25, 0.3) is 11.1 Å². The van der Waals surface area contributed by atoms with Gasteiger partial charge in [0.1, 0.15) is 0 Å². The lowest BCUT2D eigenvalue weighted by Crippen LogP contribution is -2.22. The molecule has 0 unspecified atom stereocenters. The van der Waals surface area contributed by atoms with Gasteiger partial charge < -0.3 is 0 Å². The lowest BCUT2D eigenvalue weighted by molar-refractivity contribution is 0.296. The van der Waals surface area contributed by atoms with Crippen LogP contribution < -0.4 is 0 Å². The number of nitrogens with zero attached hydrogens (tertiary/aromatic N) is 1. The predicted molar refractivity (Wildman–Crippen MR) is 81.3 cm³/mol. The van der Waals surface area contributed by atoms with Gasteiger partial charge in [-0.15, -0.1) is 0 Å². The summed E-state index contributed by atoms with van der Waals surface area (Å²) in [6.45, 7) is 7.75. The Hall–Kier alpha value is -1.60. The van der Waals surface area contributed by atoms with E-state index in [9.17, 15) is 0 Å². The summed E-state index contributed by atoms with van der Waals surface area (Å²) in [7, 11) is 0. The molecule has 0 heterocycles. The molecule has 1 heteroatoms. The van der Waals surface area contributed by atoms with E-state index in [0.717, 1.165) is 26.1 Å². The van der Waals surface area contributed by atoms with E-state index in [-0.39, 0.29) is 0 Å². The zero-order valence-corrected chi connectivity index (χ0v) is 11.8. The molecule has 2 aromatic carbocycles. The maximum absolute atomic E-state index is 2.46. The minimum Gasteiger partial charge on any atom is -0.300 e. The molecule has 0 saturated carbocycles. The molecule has 3 rings (SSSR count). The van der Waals surface area contributed by atoms with Crippen LogP contribution >= 0.6 is 0 Å². The van der Waals surface area contributed by atoms with Crippen LogP contribution in [0.4, 0.5) is 0 Å². The second kappa shape index (κ2) is 5.18. The summed E-state index contributed by atoms with van der Waals surface area (Å²) in [5.74, 6) is 0. The Kier molecular flexibility index (Phi) is 3.39. The molecule has 0 radical (unpaired) electrons. The van der Waals surface area contributed by atoms with Gasteiger partial charge in [0.25, 0.3) is 0 Å². The highest BCUT2D eigenvalue weighted by atomic mass is 15.1. The van der Waals surface area contributed by atoms with E-state index < -0.39 is 0 Å². The molecule has 98 valence electrons. The van der Waals surface area contributed by atoms with Crippen molar-refractivity contribution >= 4 is 0 Å². The third kappa shape index (κ3) is 2.31. The summed E-state index contributed by atoms with van der Waals surface area (Å²) < 4.78 is 0. The van der Waals surface area contributed by atoms with Crippen molar-refractivity contribution in [3.63, 3.8) is 0 Å². The van der Waals surface area contributed by atoms with E-state index in [4.69, 9.17) is 0 Å². The van der Waals surface area contributed by atoms with Crippen LogP contribution in [0.5, 0.6) is 0 Å². The van der Waals surface area contributed by atoms with Crippen LogP contribution in [-0.4, -0.2) is 18.0 Å². The van der Waals surface area contributed by atoms with Crippen LogP contribution in [0.1, 0.15) is 30.5 Å². The van der Waals surface area contributed by atoms with E-state index in [0.29, 0.717) is 0 Å². The van der Waals surface area contributed by atoms with Crippen molar-refractivity contribution in [1.29, 1.82) is 0 Å². The van der Waals surface area contributed by atoms with Crippen molar-refractivity contribution in [2.45, 2.75) is 26.8 Å². The van der Waals surface area contributed by atoms with Gasteiger partial charge in [0.15, 0.2) is 0 Å². The Balaban J connectivity index is 1.93. The molecule has 19 heavy (non-hydrogen) atoms. The summed E-state index contributed by atoms with van der Waals surface area (Å²) in [6, 6.07) is 15.8. The maximum atomic E-state index is 2.46. The number of benzene rings is 2. The third-order valence-corrected chi connectivity index (χ3v) is 4.16. The van der Waals surface area contributed by atoms with Crippen molar-refractivity contribution in [2.75, 3.05) is 13.1 Å². The van der Waals surface area contributed by atoms with Gasteiger partial charge in [-0.25, -0.2) is 0 Å². The summed E-state index contributed by atoms with van der Waals surface area (Å²) in [5, 5.41) is 0. The first kappa shape index (κ1) is 12.4. The van der Waals surface area contributed by atoms with E-state index in [1.165, 1.54) is 27.8 Å². The zero-order valence-electron chi connectivity index (χ0n) is 11.8. The van der Waals surface area contributed by atoms with Gasteiger partial charge in [-0.3, -0.25) is 4.90 Å². The molecule has 2 aromatic rings. The second-order valence-electron chi connectivity index (χ2n) is 5.29. The molecular weight excluding hydrogens is 230 g/mol. The average molecular weight is 251 g/mol. The first-order valence-corrected chi connectivity index (χ1v) is 7.24. The quantitative estimate of drug-likeness (QED) is 0.675. The van der Waals surface area contributed by atoms with Gasteiger partial charge in [0.05, 0.1) is 0 Å². The molecule has 1 nitrogen and oxygen atoms in total. The molecule has 0 aliphatic heterocycles. The van der Waals surface area contributed by atoms with Gasteiger partial charge in [-0.05, 0) is 53.4 Å². The van der Waals surface area contributed by atoms with Gasteiger partial charge in [0, 0.05) is 6.54 Å². The number of fused-ring (bicyclic) bond motifs is 3. The van der Waals surface area contributed by atoms with Crippen LogP contribution in [0.3, 0.4) is 0 Å². The normalized spacial score (nSPS) is 12.6. The number of hydrogen-bond acceptors (Lipinski definition) is 1. The van der Waals surface area contributed by atoms with Gasteiger partial charge >= 0.3 is 0 Å². The fourth-order valence-electron chi connectivity index (χ4n) is 2.97. The molecule has 0 bridgehead atoms. The van der Waals surface area contributed by atoms with Gasteiger partial charge in [0.2, 0.25) is 0 Å². The van der Waals surface area contributed by atoms with Crippen LogP contribution in [0.2, 0.25) is 0 Å². The van der Waals surface area contributed by atoms with Gasteiger partial charge in [-0.1, -0.05) is 50.2 Å². The molecule has 1 aliphatic carbocycles. The fourth-order valence-corrected chi connectivity index (χ4v) is 2.97. The highest BCUT2D eigenvalue weighted by molar-refractivity contribution is 5.77. The molecule has 0 N–H and O–H groups in total. The Morgan fingerprint density at radius 1 is 0.895 bits per heavy atom. The zero-order chi connectivity index (χ0) is 13.2. The molecule has 0 amide bonds. The Morgan fingerprint density at radius 2 is 1.63 bits per heavy atom. The molecule has 0 spiro atoms. The van der Waals surface area contributed by atoms with Crippen molar-refractivity contribution in [3.05, 3.63) is 59.2 Å². The number of hydrogen-bond donors (Lipinski definition) is 0. The number of rotatable bonds is 4. The SMILES string of the molecule is CCN(CC)Cc1ccc2c(c1)-c1ccccc1C2. The molecule has 0 fully saturated rings. The highest BCUT2D eigenvalue weighted by Gasteiger charge is 2.17.